The van der Waals surface area contributed by atoms with Crippen LogP contribution in [-0.4, -0.2) is 12.6 Å². The van der Waals surface area contributed by atoms with Crippen molar-refractivity contribution in [2.75, 3.05) is 6.61 Å². The summed E-state index contributed by atoms with van der Waals surface area (Å²) in [5.41, 5.74) is 1.93. The first-order valence-electron chi connectivity index (χ1n) is 11.8. The minimum absolute atomic E-state index is 0.248. The highest BCUT2D eigenvalue weighted by molar-refractivity contribution is 5.89. The molecule has 2 atom stereocenters. The summed E-state index contributed by atoms with van der Waals surface area (Å²) in [6, 6.07) is 9.18. The number of hydrogen-bond donors (Lipinski definition) is 0. The highest BCUT2D eigenvalue weighted by atomic mass is 16.5. The van der Waals surface area contributed by atoms with Crippen molar-refractivity contribution in [3.63, 3.8) is 0 Å². The van der Waals surface area contributed by atoms with Crippen LogP contribution in [0.25, 0.3) is 0 Å². The van der Waals surface area contributed by atoms with E-state index in [0.29, 0.717) is 12.2 Å². The summed E-state index contributed by atoms with van der Waals surface area (Å²) < 4.78 is 5.33. The van der Waals surface area contributed by atoms with Gasteiger partial charge in [-0.2, -0.15) is 0 Å². The van der Waals surface area contributed by atoms with Gasteiger partial charge in [-0.25, -0.2) is 4.79 Å². The van der Waals surface area contributed by atoms with Crippen molar-refractivity contribution in [1.82, 2.24) is 0 Å². The Morgan fingerprint density at radius 1 is 0.862 bits per heavy atom. The van der Waals surface area contributed by atoms with Crippen molar-refractivity contribution in [3.8, 4) is 0 Å². The molecule has 0 unspecified atom stereocenters. The SMILES string of the molecule is C/C(=C\COC(=O)c1ccccc1)CCC[C@H](C)CCC[C@H](C)CCCC(C)C. The zero-order valence-corrected chi connectivity index (χ0v) is 19.6. The van der Waals surface area contributed by atoms with E-state index in [4.69, 9.17) is 4.74 Å². The molecule has 1 rings (SSSR count). The summed E-state index contributed by atoms with van der Waals surface area (Å²) in [7, 11) is 0. The summed E-state index contributed by atoms with van der Waals surface area (Å²) in [5, 5.41) is 0. The molecule has 0 spiro atoms. The van der Waals surface area contributed by atoms with E-state index < -0.39 is 0 Å². The maximum Gasteiger partial charge on any atom is 0.338 e. The monoisotopic (exact) mass is 400 g/mol. The number of allylic oxidation sites excluding steroid dienone is 1. The molecule has 0 heterocycles. The van der Waals surface area contributed by atoms with E-state index >= 15 is 0 Å². The van der Waals surface area contributed by atoms with Crippen molar-refractivity contribution in [3.05, 3.63) is 47.5 Å². The Morgan fingerprint density at radius 3 is 2.00 bits per heavy atom. The van der Waals surface area contributed by atoms with Crippen LogP contribution >= 0.6 is 0 Å². The number of carbonyl (C=O) groups is 1. The molecule has 0 aliphatic carbocycles. The molecular weight excluding hydrogens is 356 g/mol. The fourth-order valence-electron chi connectivity index (χ4n) is 3.73. The number of esters is 1. The van der Waals surface area contributed by atoms with E-state index in [9.17, 15) is 4.79 Å². The fraction of sp³-hybridized carbons (Fsp3) is 0.667. The Morgan fingerprint density at radius 2 is 1.41 bits per heavy atom. The van der Waals surface area contributed by atoms with Crippen LogP contribution in [0.2, 0.25) is 0 Å². The van der Waals surface area contributed by atoms with E-state index in [-0.39, 0.29) is 5.97 Å². The van der Waals surface area contributed by atoms with Crippen molar-refractivity contribution in [2.45, 2.75) is 92.4 Å². The molecular formula is C27H44O2. The zero-order valence-electron chi connectivity index (χ0n) is 19.6. The van der Waals surface area contributed by atoms with Gasteiger partial charge in [0, 0.05) is 0 Å². The lowest BCUT2D eigenvalue weighted by molar-refractivity contribution is 0.0549. The second kappa shape index (κ2) is 15.3. The largest absolute Gasteiger partial charge is 0.458 e. The minimum Gasteiger partial charge on any atom is -0.458 e. The van der Waals surface area contributed by atoms with Crippen molar-refractivity contribution < 1.29 is 9.53 Å². The normalized spacial score (nSPS) is 14.1. The molecule has 0 saturated carbocycles. The number of ether oxygens (including phenoxy) is 1. The topological polar surface area (TPSA) is 26.3 Å². The Balaban J connectivity index is 2.08. The van der Waals surface area contributed by atoms with Gasteiger partial charge < -0.3 is 4.74 Å². The Labute approximate surface area is 180 Å². The lowest BCUT2D eigenvalue weighted by Crippen LogP contribution is -2.05. The molecule has 0 bridgehead atoms. The third kappa shape index (κ3) is 13.3. The molecule has 1 aromatic rings. The van der Waals surface area contributed by atoms with Gasteiger partial charge in [0.15, 0.2) is 0 Å². The molecule has 2 nitrogen and oxygen atoms in total. The van der Waals surface area contributed by atoms with E-state index in [2.05, 4.69) is 34.6 Å². The zero-order chi connectivity index (χ0) is 21.5. The van der Waals surface area contributed by atoms with Crippen LogP contribution in [0.3, 0.4) is 0 Å². The second-order valence-corrected chi connectivity index (χ2v) is 9.37. The molecule has 2 heteroatoms. The number of rotatable bonds is 15. The van der Waals surface area contributed by atoms with Crippen molar-refractivity contribution >= 4 is 5.97 Å². The smallest absolute Gasteiger partial charge is 0.338 e. The first-order chi connectivity index (χ1) is 13.9. The molecule has 164 valence electrons. The second-order valence-electron chi connectivity index (χ2n) is 9.37. The minimum atomic E-state index is -0.248. The molecule has 0 saturated heterocycles. The first kappa shape index (κ1) is 25.5. The van der Waals surface area contributed by atoms with Crippen LogP contribution in [-0.2, 0) is 4.74 Å². The van der Waals surface area contributed by atoms with Crippen LogP contribution < -0.4 is 0 Å². The van der Waals surface area contributed by atoms with Gasteiger partial charge in [0.2, 0.25) is 0 Å². The van der Waals surface area contributed by atoms with Gasteiger partial charge in [0.25, 0.3) is 0 Å². The quantitative estimate of drug-likeness (QED) is 0.219. The van der Waals surface area contributed by atoms with Crippen molar-refractivity contribution in [2.24, 2.45) is 17.8 Å². The van der Waals surface area contributed by atoms with Gasteiger partial charge in [-0.1, -0.05) is 96.4 Å². The van der Waals surface area contributed by atoms with Crippen molar-refractivity contribution in [1.29, 1.82) is 0 Å². The third-order valence-corrected chi connectivity index (χ3v) is 5.80. The lowest BCUT2D eigenvalue weighted by atomic mass is 9.91. The summed E-state index contributed by atoms with van der Waals surface area (Å²) in [6.45, 7) is 12.0. The van der Waals surface area contributed by atoms with Gasteiger partial charge in [0.1, 0.15) is 6.61 Å². The average molecular weight is 401 g/mol. The summed E-state index contributed by atoms with van der Waals surface area (Å²) in [5.74, 6) is 2.28. The number of hydrogen-bond acceptors (Lipinski definition) is 2. The highest BCUT2D eigenvalue weighted by Crippen LogP contribution is 2.22. The van der Waals surface area contributed by atoms with E-state index in [1.165, 1.54) is 56.9 Å². The molecule has 0 aliphatic rings. The fourth-order valence-corrected chi connectivity index (χ4v) is 3.73. The number of carbonyl (C=O) groups excluding carboxylic acids is 1. The molecule has 0 aliphatic heterocycles. The first-order valence-corrected chi connectivity index (χ1v) is 11.8. The standard InChI is InChI=1S/C27H44O2/c1-22(2)12-9-13-23(3)14-10-15-24(4)16-11-17-25(5)20-21-29-27(28)26-18-7-6-8-19-26/h6-8,18-20,22-24H,9-17,21H2,1-5H3/b25-20+/t23-,24-/m1/s1. The highest BCUT2D eigenvalue weighted by Gasteiger charge is 2.07. The van der Waals surface area contributed by atoms with Crippen LogP contribution in [0.5, 0.6) is 0 Å². The molecule has 0 amide bonds. The van der Waals surface area contributed by atoms with Gasteiger partial charge in [-0.05, 0) is 55.7 Å². The third-order valence-electron chi connectivity index (χ3n) is 5.80. The summed E-state index contributed by atoms with van der Waals surface area (Å²) >= 11 is 0. The molecule has 0 aromatic heterocycles. The van der Waals surface area contributed by atoms with Gasteiger partial charge in [-0.15, -0.1) is 0 Å². The molecule has 0 N–H and O–H groups in total. The molecule has 0 fully saturated rings. The maximum atomic E-state index is 11.9. The molecule has 1 aromatic carbocycles. The van der Waals surface area contributed by atoms with E-state index in [1.54, 1.807) is 12.1 Å². The molecule has 29 heavy (non-hydrogen) atoms. The van der Waals surface area contributed by atoms with E-state index in [0.717, 1.165) is 24.2 Å². The van der Waals surface area contributed by atoms with Gasteiger partial charge in [-0.3, -0.25) is 0 Å². The Hall–Kier alpha value is -1.57. The predicted octanol–water partition coefficient (Wildman–Crippen LogP) is 8.23. The number of benzene rings is 1. The molecule has 0 radical (unpaired) electrons. The lowest BCUT2D eigenvalue weighted by Gasteiger charge is -2.15. The van der Waals surface area contributed by atoms with Crippen LogP contribution in [0.1, 0.15) is 103 Å². The van der Waals surface area contributed by atoms with Crippen LogP contribution in [0, 0.1) is 17.8 Å². The average Bonchev–Trinajstić information content (AvgIpc) is 2.68. The summed E-state index contributed by atoms with van der Waals surface area (Å²) in [6.07, 6.45) is 13.9. The summed E-state index contributed by atoms with van der Waals surface area (Å²) in [4.78, 5) is 11.9. The predicted molar refractivity (Wildman–Crippen MR) is 125 cm³/mol. The Kier molecular flexibility index (Phi) is 13.4. The van der Waals surface area contributed by atoms with Gasteiger partial charge >= 0.3 is 5.97 Å². The van der Waals surface area contributed by atoms with E-state index in [1.807, 2.05) is 24.3 Å². The van der Waals surface area contributed by atoms with Gasteiger partial charge in [0.05, 0.1) is 5.56 Å². The Bertz CT molecular complexity index is 573. The van der Waals surface area contributed by atoms with Crippen LogP contribution in [0.15, 0.2) is 42.0 Å². The van der Waals surface area contributed by atoms with Crippen LogP contribution in [0.4, 0.5) is 0 Å². The maximum absolute atomic E-state index is 11.9.